The topological polar surface area (TPSA) is 89.8 Å². The minimum atomic E-state index is -5.21. The van der Waals surface area contributed by atoms with Crippen molar-refractivity contribution in [3.05, 3.63) is 57.9 Å². The van der Waals surface area contributed by atoms with E-state index in [4.69, 9.17) is 4.74 Å². The Morgan fingerprint density at radius 3 is 2.22 bits per heavy atom. The van der Waals surface area contributed by atoms with Crippen LogP contribution >= 0.6 is 0 Å². The third kappa shape index (κ3) is 6.21. The summed E-state index contributed by atoms with van der Waals surface area (Å²) >= 11 is 0. The highest BCUT2D eigenvalue weighted by Crippen LogP contribution is 2.48. The highest BCUT2D eigenvalue weighted by atomic mass is 32.2. The average molecular weight is 617 g/mol. The molecule has 0 N–H and O–H groups in total. The molecule has 2 aromatic carbocycles. The van der Waals surface area contributed by atoms with Gasteiger partial charge in [0.2, 0.25) is 21.3 Å². The van der Waals surface area contributed by atoms with Gasteiger partial charge in [-0.15, -0.1) is 0 Å². The number of alkyl halides is 7. The molecule has 7 nitrogen and oxygen atoms in total. The van der Waals surface area contributed by atoms with Gasteiger partial charge in [-0.05, 0) is 43.7 Å². The molecule has 4 rings (SSSR count). The van der Waals surface area contributed by atoms with Crippen LogP contribution in [0.3, 0.4) is 0 Å². The Balaban J connectivity index is 1.87. The lowest BCUT2D eigenvalue weighted by molar-refractivity contribution is -0.592. The van der Waals surface area contributed by atoms with Gasteiger partial charge >= 0.3 is 6.18 Å². The van der Waals surface area contributed by atoms with Crippen LogP contribution in [0.4, 0.5) is 46.5 Å². The third-order valence-electron chi connectivity index (χ3n) is 7.23. The van der Waals surface area contributed by atoms with Gasteiger partial charge < -0.3 is 9.64 Å². The van der Waals surface area contributed by atoms with Gasteiger partial charge in [-0.3, -0.25) is 10.1 Å². The summed E-state index contributed by atoms with van der Waals surface area (Å²) in [6, 6.07) is 4.77. The zero-order valence-electron chi connectivity index (χ0n) is 21.3. The Bertz CT molecular complexity index is 1410. The zero-order chi connectivity index (χ0) is 30.5. The second kappa shape index (κ2) is 10.6. The van der Waals surface area contributed by atoms with Crippen molar-refractivity contribution in [1.29, 1.82) is 0 Å². The SMILES string of the molecule is CC(F)(F)CC[C@@H]1CN(c2ccc(F)cc2)c2cc(C(F)(F)F)c(OCC3([N+](=O)[O-])CC(F)C3)cc2S(=O)(=O)[C@@H]1F. The molecule has 0 unspecified atom stereocenters. The van der Waals surface area contributed by atoms with Crippen molar-refractivity contribution in [2.45, 2.75) is 66.8 Å². The smallest absolute Gasteiger partial charge is 0.420 e. The lowest BCUT2D eigenvalue weighted by atomic mass is 9.76. The summed E-state index contributed by atoms with van der Waals surface area (Å²) in [6.07, 6.45) is -9.67. The molecular weight excluding hydrogens is 592 g/mol. The molecule has 2 aliphatic rings. The van der Waals surface area contributed by atoms with Crippen LogP contribution in [0.1, 0.15) is 38.2 Å². The van der Waals surface area contributed by atoms with E-state index in [9.17, 15) is 49.3 Å². The van der Waals surface area contributed by atoms with Crippen LogP contribution in [0, 0.1) is 21.8 Å². The first-order chi connectivity index (χ1) is 18.8. The van der Waals surface area contributed by atoms with E-state index < -0.39 is 117 Å². The van der Waals surface area contributed by atoms with Gasteiger partial charge in [0.15, 0.2) is 6.61 Å². The third-order valence-corrected chi connectivity index (χ3v) is 9.14. The molecule has 226 valence electrons. The van der Waals surface area contributed by atoms with Crippen LogP contribution in [0.15, 0.2) is 41.3 Å². The minimum Gasteiger partial charge on any atom is -0.485 e. The molecule has 1 saturated carbocycles. The van der Waals surface area contributed by atoms with Crippen LogP contribution in [0.5, 0.6) is 5.75 Å². The highest BCUT2D eigenvalue weighted by Gasteiger charge is 2.57. The number of hydrogen-bond donors (Lipinski definition) is 0. The van der Waals surface area contributed by atoms with E-state index in [1.807, 2.05) is 0 Å². The van der Waals surface area contributed by atoms with E-state index in [0.29, 0.717) is 19.1 Å². The highest BCUT2D eigenvalue weighted by molar-refractivity contribution is 7.92. The largest absolute Gasteiger partial charge is 0.485 e. The molecule has 0 saturated heterocycles. The maximum Gasteiger partial charge on any atom is 0.420 e. The number of rotatable bonds is 8. The number of ether oxygens (including phenoxy) is 1. The van der Waals surface area contributed by atoms with Gasteiger partial charge in [0, 0.05) is 35.6 Å². The van der Waals surface area contributed by atoms with E-state index in [0.717, 1.165) is 29.2 Å². The quantitative estimate of drug-likeness (QED) is 0.188. The van der Waals surface area contributed by atoms with E-state index in [1.165, 1.54) is 0 Å². The van der Waals surface area contributed by atoms with Crippen LogP contribution in [-0.4, -0.2) is 49.6 Å². The summed E-state index contributed by atoms with van der Waals surface area (Å²) in [5, 5.41) is 11.5. The molecular formula is C25H24F8N2O5S. The summed E-state index contributed by atoms with van der Waals surface area (Å²) in [4.78, 5) is 10.6. The molecule has 2 atom stereocenters. The number of anilines is 2. The molecule has 1 fully saturated rings. The number of nitro groups is 1. The molecule has 2 aromatic rings. The number of halogens is 8. The Morgan fingerprint density at radius 1 is 1.10 bits per heavy atom. The second-order valence-corrected chi connectivity index (χ2v) is 12.4. The number of hydrogen-bond acceptors (Lipinski definition) is 6. The first-order valence-electron chi connectivity index (χ1n) is 12.3. The lowest BCUT2D eigenvalue weighted by Gasteiger charge is -2.35. The second-order valence-electron chi connectivity index (χ2n) is 10.4. The van der Waals surface area contributed by atoms with Gasteiger partial charge in [0.1, 0.15) is 17.7 Å². The Hall–Kier alpha value is -3.17. The van der Waals surface area contributed by atoms with Gasteiger partial charge in [0.25, 0.3) is 5.54 Å². The first kappa shape index (κ1) is 30.8. The Kier molecular flexibility index (Phi) is 7.95. The van der Waals surface area contributed by atoms with Gasteiger partial charge in [-0.1, -0.05) is 0 Å². The van der Waals surface area contributed by atoms with E-state index in [2.05, 4.69) is 0 Å². The standard InChI is InChI=1S/C25H24F8N2O5S/c1-23(29,30)7-6-14-12-34(17-4-2-15(26)3-5-17)19-8-18(25(31,32)33)20(9-21(19)41(38,39)22(14)28)40-13-24(35(36)37)10-16(27)11-24/h2-5,8-9,14,16,22H,6-7,10-13H2,1H3/t14-,16?,22+,24?/m1/s1. The molecule has 0 bridgehead atoms. The summed E-state index contributed by atoms with van der Waals surface area (Å²) in [5.74, 6) is -6.86. The fourth-order valence-electron chi connectivity index (χ4n) is 4.94. The number of benzene rings is 2. The van der Waals surface area contributed by atoms with Crippen molar-refractivity contribution in [3.8, 4) is 5.75 Å². The van der Waals surface area contributed by atoms with Gasteiger partial charge in [-0.2, -0.15) is 13.2 Å². The molecule has 0 amide bonds. The van der Waals surface area contributed by atoms with Crippen LogP contribution in [0.25, 0.3) is 0 Å². The maximum atomic E-state index is 15.6. The van der Waals surface area contributed by atoms with E-state index in [1.54, 1.807) is 0 Å². The average Bonchev–Trinajstić information content (AvgIpc) is 2.91. The van der Waals surface area contributed by atoms with Crippen molar-refractivity contribution < 1.29 is 53.2 Å². The van der Waals surface area contributed by atoms with Crippen molar-refractivity contribution in [1.82, 2.24) is 0 Å². The molecule has 0 radical (unpaired) electrons. The van der Waals surface area contributed by atoms with Gasteiger partial charge in [-0.25, -0.2) is 30.4 Å². The van der Waals surface area contributed by atoms with Gasteiger partial charge in [0.05, 0.1) is 29.0 Å². The van der Waals surface area contributed by atoms with Crippen LogP contribution in [-0.2, 0) is 16.0 Å². The monoisotopic (exact) mass is 616 g/mol. The Labute approximate surface area is 229 Å². The number of fused-ring (bicyclic) bond motifs is 1. The minimum absolute atomic E-state index is 0.0530. The summed E-state index contributed by atoms with van der Waals surface area (Å²) in [6.45, 7) is -1.14. The number of nitrogens with zero attached hydrogens (tertiary/aromatic N) is 2. The molecule has 0 aromatic heterocycles. The summed E-state index contributed by atoms with van der Waals surface area (Å²) in [5.41, 5.74) is -7.18. The fraction of sp³-hybridized carbons (Fsp3) is 0.520. The predicted molar refractivity (Wildman–Crippen MR) is 130 cm³/mol. The summed E-state index contributed by atoms with van der Waals surface area (Å²) in [7, 11) is -5.15. The Morgan fingerprint density at radius 2 is 1.71 bits per heavy atom. The lowest BCUT2D eigenvalue weighted by Crippen LogP contribution is -2.55. The van der Waals surface area contributed by atoms with Crippen molar-refractivity contribution >= 4 is 21.2 Å². The van der Waals surface area contributed by atoms with Crippen molar-refractivity contribution in [3.63, 3.8) is 0 Å². The molecule has 41 heavy (non-hydrogen) atoms. The van der Waals surface area contributed by atoms with E-state index >= 15 is 4.39 Å². The molecule has 1 aliphatic carbocycles. The predicted octanol–water partition coefficient (Wildman–Crippen LogP) is 6.64. The van der Waals surface area contributed by atoms with Crippen molar-refractivity contribution in [2.24, 2.45) is 5.92 Å². The molecule has 1 aliphatic heterocycles. The van der Waals surface area contributed by atoms with E-state index in [-0.39, 0.29) is 5.69 Å². The first-order valence-corrected chi connectivity index (χ1v) is 13.8. The maximum absolute atomic E-state index is 15.6. The summed E-state index contributed by atoms with van der Waals surface area (Å²) < 4.78 is 144. The molecule has 16 heteroatoms. The molecule has 1 heterocycles. The van der Waals surface area contributed by atoms with Crippen LogP contribution in [0.2, 0.25) is 0 Å². The zero-order valence-corrected chi connectivity index (χ0v) is 22.1. The normalized spacial score (nSPS) is 26.1. The fourth-order valence-corrected chi connectivity index (χ4v) is 6.65. The number of sulfone groups is 1. The molecule has 0 spiro atoms. The van der Waals surface area contributed by atoms with Crippen LogP contribution < -0.4 is 9.64 Å². The van der Waals surface area contributed by atoms with Crippen molar-refractivity contribution in [2.75, 3.05) is 18.1 Å².